The van der Waals surface area contributed by atoms with Gasteiger partial charge in [-0.15, -0.1) is 0 Å². The fourth-order valence-corrected chi connectivity index (χ4v) is 3.73. The van der Waals surface area contributed by atoms with E-state index in [0.717, 1.165) is 24.3 Å². The molecule has 2 heterocycles. The van der Waals surface area contributed by atoms with E-state index in [1.165, 1.54) is 21.9 Å². The van der Waals surface area contributed by atoms with E-state index in [2.05, 4.69) is 54.6 Å². The highest BCUT2D eigenvalue weighted by atomic mass is 16.5. The second kappa shape index (κ2) is 4.20. The molecule has 1 aliphatic heterocycles. The molecular weight excluding hydrogens is 270 g/mol. The van der Waals surface area contributed by atoms with E-state index in [-0.39, 0.29) is 5.60 Å². The predicted octanol–water partition coefficient (Wildman–Crippen LogP) is 4.48. The van der Waals surface area contributed by atoms with Crippen LogP contribution in [0.3, 0.4) is 0 Å². The van der Waals surface area contributed by atoms with Gasteiger partial charge in [0.1, 0.15) is 5.75 Å². The van der Waals surface area contributed by atoms with E-state index in [4.69, 9.17) is 9.72 Å². The molecule has 0 saturated heterocycles. The highest BCUT2D eigenvalue weighted by Crippen LogP contribution is 2.47. The third kappa shape index (κ3) is 1.52. The van der Waals surface area contributed by atoms with Crippen LogP contribution in [-0.4, -0.2) is 4.98 Å². The fourth-order valence-electron chi connectivity index (χ4n) is 3.73. The number of para-hydroxylation sites is 1. The van der Waals surface area contributed by atoms with Crippen LogP contribution >= 0.6 is 0 Å². The summed E-state index contributed by atoms with van der Waals surface area (Å²) in [5.74, 6) is 0.999. The molecule has 0 radical (unpaired) electrons. The molecule has 0 saturated carbocycles. The number of hydrogen-bond donors (Lipinski definition) is 0. The van der Waals surface area contributed by atoms with E-state index in [0.29, 0.717) is 0 Å². The van der Waals surface area contributed by atoms with Crippen LogP contribution in [0.4, 0.5) is 0 Å². The Bertz CT molecular complexity index is 901. The Labute approximate surface area is 129 Å². The molecule has 2 aromatic carbocycles. The number of pyridine rings is 1. The van der Waals surface area contributed by atoms with Crippen molar-refractivity contribution in [3.8, 4) is 5.75 Å². The summed E-state index contributed by atoms with van der Waals surface area (Å²) in [6, 6.07) is 16.7. The molecule has 2 aliphatic rings. The maximum Gasteiger partial charge on any atom is 0.159 e. The van der Waals surface area contributed by atoms with Gasteiger partial charge in [-0.25, -0.2) is 0 Å². The van der Waals surface area contributed by atoms with Gasteiger partial charge in [0, 0.05) is 30.0 Å². The van der Waals surface area contributed by atoms with Gasteiger partial charge in [-0.3, -0.25) is 4.98 Å². The fraction of sp³-hybridized carbons (Fsp3) is 0.150. The number of hydrogen-bond acceptors (Lipinski definition) is 2. The average molecular weight is 285 g/mol. The van der Waals surface area contributed by atoms with Crippen molar-refractivity contribution in [2.24, 2.45) is 0 Å². The summed E-state index contributed by atoms with van der Waals surface area (Å²) in [5.41, 5.74) is 3.22. The molecule has 5 rings (SSSR count). The van der Waals surface area contributed by atoms with Gasteiger partial charge in [0.2, 0.25) is 0 Å². The number of fused-ring (bicyclic) bond motifs is 5. The van der Waals surface area contributed by atoms with Gasteiger partial charge in [-0.2, -0.15) is 0 Å². The minimum Gasteiger partial charge on any atom is -0.480 e. The second-order valence-corrected chi connectivity index (χ2v) is 6.10. The van der Waals surface area contributed by atoms with Crippen molar-refractivity contribution in [2.75, 3.05) is 0 Å². The number of benzene rings is 2. The Morgan fingerprint density at radius 3 is 2.82 bits per heavy atom. The van der Waals surface area contributed by atoms with Crippen LogP contribution in [0.15, 0.2) is 60.8 Å². The van der Waals surface area contributed by atoms with Gasteiger partial charge in [0.05, 0.1) is 5.69 Å². The van der Waals surface area contributed by atoms with Crippen molar-refractivity contribution in [3.63, 3.8) is 0 Å². The molecule has 0 N–H and O–H groups in total. The summed E-state index contributed by atoms with van der Waals surface area (Å²) in [5, 5.41) is 2.43. The first-order valence-corrected chi connectivity index (χ1v) is 7.67. The zero-order valence-electron chi connectivity index (χ0n) is 12.1. The van der Waals surface area contributed by atoms with Crippen molar-refractivity contribution < 1.29 is 4.74 Å². The third-order valence-electron chi connectivity index (χ3n) is 4.76. The summed E-state index contributed by atoms with van der Waals surface area (Å²) in [7, 11) is 0. The smallest absolute Gasteiger partial charge is 0.159 e. The SMILES string of the molecule is C1=Cc2c(ncc3ccccc23)C2(C1)Cc1ccccc1O2. The lowest BCUT2D eigenvalue weighted by Gasteiger charge is -2.31. The molecule has 1 aliphatic carbocycles. The van der Waals surface area contributed by atoms with E-state index in [1.807, 2.05) is 12.3 Å². The zero-order valence-corrected chi connectivity index (χ0v) is 12.1. The molecule has 1 atom stereocenters. The van der Waals surface area contributed by atoms with E-state index < -0.39 is 0 Å². The Balaban J connectivity index is 1.74. The van der Waals surface area contributed by atoms with Crippen molar-refractivity contribution >= 4 is 16.8 Å². The van der Waals surface area contributed by atoms with Crippen LogP contribution < -0.4 is 4.74 Å². The summed E-state index contributed by atoms with van der Waals surface area (Å²) >= 11 is 0. The molecule has 3 aromatic rings. The number of rotatable bonds is 0. The lowest BCUT2D eigenvalue weighted by molar-refractivity contribution is 0.0902. The summed E-state index contributed by atoms with van der Waals surface area (Å²) in [6.07, 6.45) is 8.16. The molecule has 0 amide bonds. The van der Waals surface area contributed by atoms with Crippen molar-refractivity contribution in [1.29, 1.82) is 0 Å². The average Bonchev–Trinajstić information content (AvgIpc) is 2.93. The van der Waals surface area contributed by atoms with E-state index >= 15 is 0 Å². The van der Waals surface area contributed by atoms with Crippen LogP contribution in [0.1, 0.15) is 23.2 Å². The Morgan fingerprint density at radius 1 is 1.00 bits per heavy atom. The normalized spacial score (nSPS) is 21.6. The summed E-state index contributed by atoms with van der Waals surface area (Å²) < 4.78 is 6.40. The highest BCUT2D eigenvalue weighted by Gasteiger charge is 2.44. The van der Waals surface area contributed by atoms with Gasteiger partial charge in [0.15, 0.2) is 5.60 Å². The molecule has 2 heteroatoms. The molecule has 2 nitrogen and oxygen atoms in total. The van der Waals surface area contributed by atoms with E-state index in [1.54, 1.807) is 0 Å². The maximum atomic E-state index is 6.40. The molecule has 22 heavy (non-hydrogen) atoms. The molecule has 1 spiro atoms. The third-order valence-corrected chi connectivity index (χ3v) is 4.76. The van der Waals surface area contributed by atoms with Crippen LogP contribution in [0.2, 0.25) is 0 Å². The van der Waals surface area contributed by atoms with Crippen LogP contribution in [0, 0.1) is 0 Å². The quantitative estimate of drug-likeness (QED) is 0.607. The van der Waals surface area contributed by atoms with Crippen molar-refractivity contribution in [3.05, 3.63) is 77.6 Å². The van der Waals surface area contributed by atoms with Gasteiger partial charge < -0.3 is 4.74 Å². The first-order valence-electron chi connectivity index (χ1n) is 7.67. The summed E-state index contributed by atoms with van der Waals surface area (Å²) in [4.78, 5) is 4.79. The zero-order chi connectivity index (χ0) is 14.6. The van der Waals surface area contributed by atoms with Gasteiger partial charge >= 0.3 is 0 Å². The minimum atomic E-state index is -0.336. The highest BCUT2D eigenvalue weighted by molar-refractivity contribution is 5.91. The largest absolute Gasteiger partial charge is 0.480 e. The Morgan fingerprint density at radius 2 is 1.86 bits per heavy atom. The van der Waals surface area contributed by atoms with Gasteiger partial charge in [-0.05, 0) is 17.0 Å². The van der Waals surface area contributed by atoms with Crippen molar-refractivity contribution in [1.82, 2.24) is 4.98 Å². The topological polar surface area (TPSA) is 22.1 Å². The number of ether oxygens (including phenoxy) is 1. The van der Waals surface area contributed by atoms with Gasteiger partial charge in [0.25, 0.3) is 0 Å². The minimum absolute atomic E-state index is 0.336. The lowest BCUT2D eigenvalue weighted by atomic mass is 9.82. The second-order valence-electron chi connectivity index (χ2n) is 6.10. The Hall–Kier alpha value is -2.61. The number of nitrogens with zero attached hydrogens (tertiary/aromatic N) is 1. The maximum absolute atomic E-state index is 6.40. The Kier molecular flexibility index (Phi) is 2.29. The molecule has 0 bridgehead atoms. The van der Waals surface area contributed by atoms with Crippen LogP contribution in [0.25, 0.3) is 16.8 Å². The monoisotopic (exact) mass is 285 g/mol. The number of aromatic nitrogens is 1. The molecule has 106 valence electrons. The molecule has 1 unspecified atom stereocenters. The van der Waals surface area contributed by atoms with Crippen LogP contribution in [0.5, 0.6) is 5.75 Å². The predicted molar refractivity (Wildman–Crippen MR) is 87.8 cm³/mol. The van der Waals surface area contributed by atoms with Crippen molar-refractivity contribution in [2.45, 2.75) is 18.4 Å². The first-order chi connectivity index (χ1) is 10.9. The van der Waals surface area contributed by atoms with Crippen LogP contribution in [-0.2, 0) is 12.0 Å². The van der Waals surface area contributed by atoms with E-state index in [9.17, 15) is 0 Å². The summed E-state index contributed by atoms with van der Waals surface area (Å²) in [6.45, 7) is 0. The first kappa shape index (κ1) is 12.0. The standard InChI is InChI=1S/C20H15NO/c1-3-8-16-15(7-1)13-21-19-17(16)9-5-11-20(19)12-14-6-2-4-10-18(14)22-20/h1-10,13H,11-12H2. The van der Waals surface area contributed by atoms with Gasteiger partial charge in [-0.1, -0.05) is 54.6 Å². The molecule has 0 fully saturated rings. The lowest BCUT2D eigenvalue weighted by Crippen LogP contribution is -2.34. The molecule has 1 aromatic heterocycles. The molecular formula is C20H15NO.